The third kappa shape index (κ3) is 5.61. The molecule has 1 aromatic heterocycles. The number of methoxy groups -OCH3 is 2. The molecule has 4 aliphatic rings. The van der Waals surface area contributed by atoms with E-state index in [-0.39, 0.29) is 41.8 Å². The van der Waals surface area contributed by atoms with Gasteiger partial charge in [0.2, 0.25) is 17.6 Å². The van der Waals surface area contributed by atoms with Gasteiger partial charge in [0.25, 0.3) is 11.8 Å². The minimum atomic E-state index is -4.75. The summed E-state index contributed by atoms with van der Waals surface area (Å²) in [5, 5.41) is 11.1. The number of nitrogens with zero attached hydrogens (tertiary/aromatic N) is 3. The van der Waals surface area contributed by atoms with Gasteiger partial charge in [-0.2, -0.15) is 18.2 Å². The monoisotopic (exact) mass is 770 g/mol. The maximum absolute atomic E-state index is 15.1. The van der Waals surface area contributed by atoms with Crippen LogP contribution >= 0.6 is 23.2 Å². The van der Waals surface area contributed by atoms with Gasteiger partial charge in [-0.25, -0.2) is 4.98 Å². The van der Waals surface area contributed by atoms with E-state index in [0.29, 0.717) is 34.0 Å². The Balaban J connectivity index is 1.42. The van der Waals surface area contributed by atoms with Crippen molar-refractivity contribution in [2.75, 3.05) is 26.7 Å². The fourth-order valence-corrected chi connectivity index (χ4v) is 8.74. The Bertz CT molecular complexity index is 2100. The number of allylic oxidation sites excluding steroid dienone is 3. The van der Waals surface area contributed by atoms with Crippen molar-refractivity contribution in [1.82, 2.24) is 14.9 Å². The first-order valence-electron chi connectivity index (χ1n) is 16.4. The van der Waals surface area contributed by atoms with E-state index < -0.39 is 69.5 Å². The molecule has 0 radical (unpaired) electrons. The molecule has 2 N–H and O–H groups in total. The number of alkyl halides is 3. The van der Waals surface area contributed by atoms with Gasteiger partial charge in [-0.05, 0) is 60.2 Å². The van der Waals surface area contributed by atoms with Gasteiger partial charge in [-0.3, -0.25) is 29.5 Å². The highest BCUT2D eigenvalue weighted by molar-refractivity contribution is 6.33. The molecule has 0 unspecified atom stereocenters. The van der Waals surface area contributed by atoms with E-state index in [0.717, 1.165) is 9.91 Å². The van der Waals surface area contributed by atoms with Crippen molar-refractivity contribution in [3.63, 3.8) is 0 Å². The Morgan fingerprint density at radius 1 is 0.981 bits per heavy atom. The summed E-state index contributed by atoms with van der Waals surface area (Å²) in [6, 6.07) is 10.1. The zero-order valence-electron chi connectivity index (χ0n) is 28.3. The highest BCUT2D eigenvalue weighted by Gasteiger charge is 2.69. The number of hydrazine groups is 1. The second-order valence-electron chi connectivity index (χ2n) is 13.3. The topological polar surface area (TPSA) is 138 Å². The lowest BCUT2D eigenvalue weighted by atomic mass is 9.50. The Hall–Kier alpha value is -5.08. The number of likely N-dealkylation sites (tertiary alicyclic amines) is 1. The van der Waals surface area contributed by atoms with Crippen LogP contribution < -0.4 is 14.9 Å². The number of hydrogen-bond donors (Lipinski definition) is 2. The van der Waals surface area contributed by atoms with Gasteiger partial charge < -0.3 is 14.6 Å². The Kier molecular flexibility index (Phi) is 8.97. The van der Waals surface area contributed by atoms with Crippen molar-refractivity contribution < 1.29 is 46.9 Å². The van der Waals surface area contributed by atoms with E-state index in [1.165, 1.54) is 21.3 Å². The fourth-order valence-electron chi connectivity index (χ4n) is 8.40. The van der Waals surface area contributed by atoms with E-state index in [1.807, 2.05) is 6.08 Å². The number of fused-ring (bicyclic) bond motifs is 4. The number of nitrogens with one attached hydrogen (secondary N) is 1. The number of aromatic hydroxyl groups is 1. The van der Waals surface area contributed by atoms with Crippen molar-refractivity contribution in [1.29, 1.82) is 0 Å². The summed E-state index contributed by atoms with van der Waals surface area (Å²) in [7, 11) is 4.16. The molecule has 2 saturated heterocycles. The van der Waals surface area contributed by atoms with E-state index in [1.54, 1.807) is 48.6 Å². The standard InChI is InChI=1S/C37H31Cl2F3N4O7/c1-45-32(48)22-10-9-21-23(29(22)34(45)50)15-25-33(49)46(44-31-26(39)14-19(16-43-31)37(40,41)42)35(51)36(25,18-5-7-20(38)8-6-18)24(21)11-4-17-12-27(52-2)30(47)28(13-17)53-3/h4-9,11-14,16,22-25,29,47H,10,15H2,1-3H3,(H,43,44)/t22-,23+,24-,25-,29-,36-/m0/s1. The van der Waals surface area contributed by atoms with Gasteiger partial charge in [0.15, 0.2) is 17.3 Å². The molecule has 3 heterocycles. The number of ether oxygens (including phenoxy) is 2. The molecular weight excluding hydrogens is 740 g/mol. The molecule has 3 fully saturated rings. The predicted molar refractivity (Wildman–Crippen MR) is 186 cm³/mol. The first-order valence-corrected chi connectivity index (χ1v) is 17.2. The van der Waals surface area contributed by atoms with Gasteiger partial charge in [0.05, 0.1) is 48.0 Å². The summed E-state index contributed by atoms with van der Waals surface area (Å²) < 4.78 is 50.9. The fraction of sp³-hybridized carbons (Fsp3) is 0.324. The van der Waals surface area contributed by atoms with E-state index >= 15 is 4.79 Å². The van der Waals surface area contributed by atoms with Crippen LogP contribution in [0, 0.1) is 29.6 Å². The lowest BCUT2D eigenvalue weighted by molar-refractivity contribution is -0.140. The second-order valence-corrected chi connectivity index (χ2v) is 14.2. The third-order valence-electron chi connectivity index (χ3n) is 10.8. The smallest absolute Gasteiger partial charge is 0.417 e. The van der Waals surface area contributed by atoms with Crippen LogP contribution in [0.25, 0.3) is 6.08 Å². The van der Waals surface area contributed by atoms with Crippen LogP contribution in [0.5, 0.6) is 17.2 Å². The largest absolute Gasteiger partial charge is 0.502 e. The molecule has 276 valence electrons. The number of carbonyl (C=O) groups excluding carboxylic acids is 4. The molecule has 16 heteroatoms. The molecule has 2 aliphatic carbocycles. The molecule has 4 amide bonds. The number of rotatable bonds is 7. The number of halogens is 5. The Labute approximate surface area is 310 Å². The maximum Gasteiger partial charge on any atom is 0.417 e. The molecule has 0 spiro atoms. The summed E-state index contributed by atoms with van der Waals surface area (Å²) >= 11 is 12.5. The number of phenolic OH excluding ortho intramolecular Hbond substituents is 1. The van der Waals surface area contributed by atoms with Crippen LogP contribution in [0.1, 0.15) is 29.5 Å². The summed E-state index contributed by atoms with van der Waals surface area (Å²) in [5.41, 5.74) is 1.34. The molecule has 3 aromatic rings. The number of carbonyl (C=O) groups is 4. The zero-order valence-corrected chi connectivity index (χ0v) is 29.8. The summed E-state index contributed by atoms with van der Waals surface area (Å²) in [4.78, 5) is 61.5. The molecule has 2 aromatic carbocycles. The van der Waals surface area contributed by atoms with Crippen molar-refractivity contribution in [2.45, 2.75) is 24.4 Å². The number of imide groups is 2. The zero-order chi connectivity index (χ0) is 38.1. The van der Waals surface area contributed by atoms with Gasteiger partial charge in [-0.1, -0.05) is 59.1 Å². The molecule has 7 rings (SSSR count). The average molecular weight is 772 g/mol. The average Bonchev–Trinajstić information content (AvgIpc) is 3.48. The minimum Gasteiger partial charge on any atom is -0.502 e. The first kappa shape index (κ1) is 36.3. The molecule has 11 nitrogen and oxygen atoms in total. The van der Waals surface area contributed by atoms with Crippen LogP contribution in [-0.2, 0) is 30.8 Å². The molecular formula is C37H31Cl2F3N4O7. The second kappa shape index (κ2) is 13.1. The lowest BCUT2D eigenvalue weighted by Crippen LogP contribution is -2.54. The van der Waals surface area contributed by atoms with Gasteiger partial charge >= 0.3 is 6.18 Å². The Morgan fingerprint density at radius 2 is 1.64 bits per heavy atom. The van der Waals surface area contributed by atoms with Gasteiger partial charge in [-0.15, -0.1) is 0 Å². The van der Waals surface area contributed by atoms with Crippen LogP contribution in [0.2, 0.25) is 10.0 Å². The predicted octanol–water partition coefficient (Wildman–Crippen LogP) is 6.29. The lowest BCUT2D eigenvalue weighted by Gasteiger charge is -2.49. The van der Waals surface area contributed by atoms with Crippen LogP contribution in [0.4, 0.5) is 19.0 Å². The first-order chi connectivity index (χ1) is 25.1. The van der Waals surface area contributed by atoms with Crippen LogP contribution in [0.3, 0.4) is 0 Å². The number of aromatic nitrogens is 1. The van der Waals surface area contributed by atoms with Crippen molar-refractivity contribution in [3.05, 3.63) is 93.1 Å². The van der Waals surface area contributed by atoms with Crippen molar-refractivity contribution in [3.8, 4) is 17.2 Å². The van der Waals surface area contributed by atoms with E-state index in [4.69, 9.17) is 32.7 Å². The normalized spacial score (nSPS) is 26.8. The SMILES string of the molecule is COc1cc(C=C[C@H]2C3=CC[C@@H]4C(=O)N(C)C(=O)[C@@H]4[C@@H]3C[C@H]3C(=O)N(Nc4ncc(C(F)(F)F)cc4Cl)C(=O)[C@@]23c2ccc(Cl)cc2)cc(OC)c1O. The number of amides is 4. The highest BCUT2D eigenvalue weighted by atomic mass is 35.5. The van der Waals surface area contributed by atoms with Crippen molar-refractivity contribution in [2.24, 2.45) is 29.6 Å². The van der Waals surface area contributed by atoms with E-state index in [9.17, 15) is 32.7 Å². The summed E-state index contributed by atoms with van der Waals surface area (Å²) in [6.45, 7) is 0. The molecule has 2 aliphatic heterocycles. The van der Waals surface area contributed by atoms with Crippen LogP contribution in [-0.4, -0.2) is 64.9 Å². The minimum absolute atomic E-state index is 0.00932. The Morgan fingerprint density at radius 3 is 2.25 bits per heavy atom. The number of anilines is 1. The van der Waals surface area contributed by atoms with Crippen molar-refractivity contribution >= 4 is 58.7 Å². The van der Waals surface area contributed by atoms with Crippen LogP contribution in [0.15, 0.2) is 66.4 Å². The number of phenols is 1. The van der Waals surface area contributed by atoms with E-state index in [2.05, 4.69) is 10.4 Å². The molecule has 53 heavy (non-hydrogen) atoms. The summed E-state index contributed by atoms with van der Waals surface area (Å²) in [6.07, 6.45) is 1.26. The van der Waals surface area contributed by atoms with Gasteiger partial charge in [0, 0.05) is 24.2 Å². The third-order valence-corrected chi connectivity index (χ3v) is 11.4. The maximum atomic E-state index is 15.1. The number of benzene rings is 2. The molecule has 6 atom stereocenters. The molecule has 1 saturated carbocycles. The van der Waals surface area contributed by atoms with Gasteiger partial charge in [0.1, 0.15) is 0 Å². The number of pyridine rings is 1. The molecule has 0 bridgehead atoms. The quantitative estimate of drug-likeness (QED) is 0.210. The highest BCUT2D eigenvalue weighted by Crippen LogP contribution is 2.61. The summed E-state index contributed by atoms with van der Waals surface area (Å²) in [5.74, 6) is -6.75. The number of hydrogen-bond acceptors (Lipinski definition) is 9.